The van der Waals surface area contributed by atoms with Crippen LogP contribution in [-0.2, 0) is 25.9 Å². The molecule has 3 heterocycles. The van der Waals surface area contributed by atoms with Crippen LogP contribution in [0.4, 0.5) is 0 Å². The van der Waals surface area contributed by atoms with E-state index in [9.17, 15) is 9.90 Å². The number of rotatable bonds is 3. The van der Waals surface area contributed by atoms with E-state index in [0.717, 1.165) is 48.2 Å². The molecule has 28 heavy (non-hydrogen) atoms. The number of aliphatic hydroxyl groups excluding tert-OH is 1. The molecule has 1 aromatic carbocycles. The van der Waals surface area contributed by atoms with Gasteiger partial charge < -0.3 is 14.5 Å². The zero-order chi connectivity index (χ0) is 19.1. The van der Waals surface area contributed by atoms with Gasteiger partial charge in [0, 0.05) is 12.1 Å². The number of hydrogen-bond donors (Lipinski definition) is 1. The highest BCUT2D eigenvalue weighted by Crippen LogP contribution is 2.27. The van der Waals surface area contributed by atoms with Crippen molar-refractivity contribution < 1.29 is 14.4 Å². The smallest absolute Gasteiger partial charge is 0.293 e. The Labute approximate surface area is 162 Å². The van der Waals surface area contributed by atoms with Gasteiger partial charge in [0.25, 0.3) is 5.91 Å². The lowest BCUT2D eigenvalue weighted by atomic mass is 9.96. The van der Waals surface area contributed by atoms with E-state index in [2.05, 4.69) is 10.3 Å². The monoisotopic (exact) mass is 378 g/mol. The molecular formula is C21H22N4O3. The topological polar surface area (TPSA) is 84.4 Å². The Morgan fingerprint density at radius 1 is 1.14 bits per heavy atom. The van der Waals surface area contributed by atoms with Gasteiger partial charge in [0.15, 0.2) is 0 Å². The molecule has 1 aliphatic carbocycles. The number of aryl methyl sites for hydroxylation is 1. The summed E-state index contributed by atoms with van der Waals surface area (Å²) in [5, 5.41) is 19.3. The van der Waals surface area contributed by atoms with Crippen molar-refractivity contribution in [3.05, 3.63) is 70.4 Å². The Morgan fingerprint density at radius 2 is 1.96 bits per heavy atom. The first kappa shape index (κ1) is 17.2. The van der Waals surface area contributed by atoms with Crippen LogP contribution in [0.15, 0.2) is 40.9 Å². The molecule has 5 rings (SSSR count). The van der Waals surface area contributed by atoms with E-state index < -0.39 is 6.10 Å². The standard InChI is InChI=1S/C21H22N4O3/c26-19(14-6-2-1-3-7-14)18-12-15-13-24(10-11-25(15)22-18)21(27)20-16-8-4-5-9-17(16)23-28-20/h1-3,6-7,12,19,26H,4-5,8-11,13H2/t19-/m0/s1. The fourth-order valence-electron chi connectivity index (χ4n) is 4.10. The molecule has 0 bridgehead atoms. The van der Waals surface area contributed by atoms with Crippen LogP contribution < -0.4 is 0 Å². The van der Waals surface area contributed by atoms with Gasteiger partial charge in [-0.2, -0.15) is 5.10 Å². The average molecular weight is 378 g/mol. The summed E-state index contributed by atoms with van der Waals surface area (Å²) in [5.74, 6) is 0.292. The molecule has 2 aromatic heterocycles. The van der Waals surface area contributed by atoms with Gasteiger partial charge in [-0.25, -0.2) is 0 Å². The Morgan fingerprint density at radius 3 is 2.82 bits per heavy atom. The molecule has 7 nitrogen and oxygen atoms in total. The number of nitrogens with zero attached hydrogens (tertiary/aromatic N) is 4. The van der Waals surface area contributed by atoms with Crippen LogP contribution in [-0.4, -0.2) is 37.4 Å². The first-order valence-electron chi connectivity index (χ1n) is 9.77. The van der Waals surface area contributed by atoms with Gasteiger partial charge in [-0.3, -0.25) is 9.48 Å². The summed E-state index contributed by atoms with van der Waals surface area (Å²) < 4.78 is 7.29. The van der Waals surface area contributed by atoms with Crippen molar-refractivity contribution in [2.24, 2.45) is 0 Å². The van der Waals surface area contributed by atoms with Crippen molar-refractivity contribution in [2.45, 2.75) is 44.9 Å². The first-order chi connectivity index (χ1) is 13.7. The van der Waals surface area contributed by atoms with Gasteiger partial charge in [0.1, 0.15) is 6.10 Å². The van der Waals surface area contributed by atoms with Gasteiger partial charge in [0.05, 0.1) is 30.2 Å². The molecule has 0 saturated carbocycles. The van der Waals surface area contributed by atoms with Crippen molar-refractivity contribution in [1.82, 2.24) is 19.8 Å². The summed E-state index contributed by atoms with van der Waals surface area (Å²) in [5.41, 5.74) is 4.24. The summed E-state index contributed by atoms with van der Waals surface area (Å²) >= 11 is 0. The van der Waals surface area contributed by atoms with E-state index in [1.54, 1.807) is 4.90 Å². The number of benzene rings is 1. The average Bonchev–Trinajstić information content (AvgIpc) is 3.37. The molecule has 0 spiro atoms. The molecule has 1 aliphatic heterocycles. The van der Waals surface area contributed by atoms with Crippen LogP contribution in [0.1, 0.15) is 57.7 Å². The fraction of sp³-hybridized carbons (Fsp3) is 0.381. The lowest BCUT2D eigenvalue weighted by molar-refractivity contribution is 0.0662. The predicted molar refractivity (Wildman–Crippen MR) is 101 cm³/mol. The van der Waals surface area contributed by atoms with Crippen LogP contribution in [0.5, 0.6) is 0 Å². The van der Waals surface area contributed by atoms with Crippen molar-refractivity contribution in [3.8, 4) is 0 Å². The highest BCUT2D eigenvalue weighted by Gasteiger charge is 2.30. The van der Waals surface area contributed by atoms with Gasteiger partial charge in [-0.1, -0.05) is 35.5 Å². The number of carbonyl (C=O) groups excluding carboxylic acids is 1. The van der Waals surface area contributed by atoms with E-state index in [0.29, 0.717) is 31.1 Å². The molecule has 7 heteroatoms. The van der Waals surface area contributed by atoms with E-state index in [4.69, 9.17) is 4.52 Å². The maximum Gasteiger partial charge on any atom is 0.293 e. The molecule has 0 unspecified atom stereocenters. The lowest BCUT2D eigenvalue weighted by Gasteiger charge is -2.27. The molecule has 0 fully saturated rings. The summed E-state index contributed by atoms with van der Waals surface area (Å²) in [7, 11) is 0. The van der Waals surface area contributed by atoms with E-state index in [-0.39, 0.29) is 5.91 Å². The quantitative estimate of drug-likeness (QED) is 0.757. The third-order valence-electron chi connectivity index (χ3n) is 5.65. The van der Waals surface area contributed by atoms with Crippen LogP contribution in [0.25, 0.3) is 0 Å². The van der Waals surface area contributed by atoms with E-state index >= 15 is 0 Å². The normalized spacial score (nSPS) is 17.1. The molecule has 1 amide bonds. The van der Waals surface area contributed by atoms with Gasteiger partial charge in [-0.05, 0) is 37.3 Å². The second-order valence-corrected chi connectivity index (χ2v) is 7.47. The Bertz CT molecular complexity index is 1010. The van der Waals surface area contributed by atoms with E-state index in [1.165, 1.54) is 0 Å². The first-order valence-corrected chi connectivity index (χ1v) is 9.77. The summed E-state index contributed by atoms with van der Waals surface area (Å²) in [6, 6.07) is 11.4. The number of aliphatic hydroxyl groups is 1. The third-order valence-corrected chi connectivity index (χ3v) is 5.65. The Kier molecular flexibility index (Phi) is 4.24. The number of carbonyl (C=O) groups is 1. The zero-order valence-electron chi connectivity index (χ0n) is 15.5. The van der Waals surface area contributed by atoms with Crippen LogP contribution >= 0.6 is 0 Å². The van der Waals surface area contributed by atoms with Crippen molar-refractivity contribution >= 4 is 5.91 Å². The molecule has 1 atom stereocenters. The summed E-state index contributed by atoms with van der Waals surface area (Å²) in [6.45, 7) is 1.60. The van der Waals surface area contributed by atoms with E-state index in [1.807, 2.05) is 41.1 Å². The van der Waals surface area contributed by atoms with Crippen LogP contribution in [0, 0.1) is 0 Å². The maximum atomic E-state index is 13.0. The number of hydrogen-bond acceptors (Lipinski definition) is 5. The Hall–Kier alpha value is -2.93. The van der Waals surface area contributed by atoms with Crippen LogP contribution in [0.2, 0.25) is 0 Å². The van der Waals surface area contributed by atoms with Crippen LogP contribution in [0.3, 0.4) is 0 Å². The molecule has 0 saturated heterocycles. The second kappa shape index (κ2) is 6.91. The Balaban J connectivity index is 1.36. The zero-order valence-corrected chi connectivity index (χ0v) is 15.5. The maximum absolute atomic E-state index is 13.0. The highest BCUT2D eigenvalue weighted by atomic mass is 16.5. The highest BCUT2D eigenvalue weighted by molar-refractivity contribution is 5.93. The molecule has 2 aliphatic rings. The minimum absolute atomic E-state index is 0.103. The second-order valence-electron chi connectivity index (χ2n) is 7.47. The summed E-state index contributed by atoms with van der Waals surface area (Å²) in [6.07, 6.45) is 3.15. The van der Waals surface area contributed by atoms with Crippen molar-refractivity contribution in [2.75, 3.05) is 6.54 Å². The predicted octanol–water partition coefficient (Wildman–Crippen LogP) is 2.49. The fourth-order valence-corrected chi connectivity index (χ4v) is 4.10. The molecule has 3 aromatic rings. The van der Waals surface area contributed by atoms with Gasteiger partial charge in [-0.15, -0.1) is 0 Å². The van der Waals surface area contributed by atoms with Crippen molar-refractivity contribution in [1.29, 1.82) is 0 Å². The molecule has 144 valence electrons. The molecule has 0 radical (unpaired) electrons. The largest absolute Gasteiger partial charge is 0.382 e. The van der Waals surface area contributed by atoms with Gasteiger partial charge >= 0.3 is 0 Å². The number of aromatic nitrogens is 3. The van der Waals surface area contributed by atoms with Gasteiger partial charge in [0.2, 0.25) is 5.76 Å². The molecular weight excluding hydrogens is 356 g/mol. The summed E-state index contributed by atoms with van der Waals surface area (Å²) in [4.78, 5) is 14.8. The minimum atomic E-state index is -0.773. The lowest BCUT2D eigenvalue weighted by Crippen LogP contribution is -2.38. The number of amides is 1. The number of fused-ring (bicyclic) bond motifs is 2. The molecule has 1 N–H and O–H groups in total. The van der Waals surface area contributed by atoms with Crippen molar-refractivity contribution in [3.63, 3.8) is 0 Å². The minimum Gasteiger partial charge on any atom is -0.382 e. The third kappa shape index (κ3) is 2.92. The SMILES string of the molecule is O=C(c1onc2c1CCCC2)N1CCn2nc([C@@H](O)c3ccccc3)cc2C1.